The summed E-state index contributed by atoms with van der Waals surface area (Å²) in [6.45, 7) is 4.67. The molecular formula is C22H27N. The first-order chi connectivity index (χ1) is 11.2. The molecule has 2 N–H and O–H groups in total. The minimum Gasteiger partial charge on any atom is -0.399 e. The molecule has 0 spiro atoms. The second-order valence-corrected chi connectivity index (χ2v) is 6.35. The zero-order chi connectivity index (χ0) is 16.5. The first-order valence-corrected chi connectivity index (χ1v) is 8.56. The second-order valence-electron chi connectivity index (χ2n) is 6.35. The van der Waals surface area contributed by atoms with E-state index in [-0.39, 0.29) is 0 Å². The van der Waals surface area contributed by atoms with Crippen molar-refractivity contribution >= 4 is 5.69 Å². The molecule has 2 atom stereocenters. The summed E-state index contributed by atoms with van der Waals surface area (Å²) in [6, 6.07) is 8.29. The molecule has 1 aromatic rings. The van der Waals surface area contributed by atoms with Gasteiger partial charge in [-0.3, -0.25) is 0 Å². The number of nitrogens with two attached hydrogens (primary N) is 1. The van der Waals surface area contributed by atoms with Crippen LogP contribution >= 0.6 is 0 Å². The summed E-state index contributed by atoms with van der Waals surface area (Å²) in [5, 5.41) is 0. The van der Waals surface area contributed by atoms with Crippen molar-refractivity contribution in [2.45, 2.75) is 39.5 Å². The lowest BCUT2D eigenvalue weighted by molar-refractivity contribution is 0.325. The van der Waals surface area contributed by atoms with Crippen LogP contribution in [0.1, 0.15) is 38.7 Å². The largest absolute Gasteiger partial charge is 0.399 e. The van der Waals surface area contributed by atoms with Gasteiger partial charge in [0, 0.05) is 5.69 Å². The van der Waals surface area contributed by atoms with E-state index in [1.54, 1.807) is 0 Å². The first kappa shape index (κ1) is 17.2. The molecule has 0 bridgehead atoms. The van der Waals surface area contributed by atoms with Crippen LogP contribution in [0, 0.1) is 11.8 Å². The first-order valence-electron chi connectivity index (χ1n) is 8.56. The topological polar surface area (TPSA) is 26.0 Å². The smallest absolute Gasteiger partial charge is 0.0314 e. The van der Waals surface area contributed by atoms with E-state index in [0.29, 0.717) is 5.92 Å². The minimum absolute atomic E-state index is 0.662. The molecular weight excluding hydrogens is 278 g/mol. The van der Waals surface area contributed by atoms with Gasteiger partial charge >= 0.3 is 0 Å². The molecule has 0 fully saturated rings. The highest BCUT2D eigenvalue weighted by molar-refractivity contribution is 5.39. The van der Waals surface area contributed by atoms with E-state index in [0.717, 1.165) is 24.4 Å². The molecule has 2 unspecified atom stereocenters. The molecule has 23 heavy (non-hydrogen) atoms. The fourth-order valence-corrected chi connectivity index (χ4v) is 3.10. The molecule has 0 saturated heterocycles. The highest BCUT2D eigenvalue weighted by Gasteiger charge is 2.16. The van der Waals surface area contributed by atoms with E-state index in [9.17, 15) is 0 Å². The van der Waals surface area contributed by atoms with Crippen molar-refractivity contribution in [1.29, 1.82) is 0 Å². The lowest BCUT2D eigenvalue weighted by atomic mass is 9.82. The monoisotopic (exact) mass is 305 g/mol. The van der Waals surface area contributed by atoms with Gasteiger partial charge in [0.15, 0.2) is 0 Å². The van der Waals surface area contributed by atoms with Crippen LogP contribution in [0.25, 0.3) is 0 Å². The number of allylic oxidation sites excluding steroid dienone is 4. The van der Waals surface area contributed by atoms with Gasteiger partial charge in [-0.1, -0.05) is 38.5 Å². The maximum Gasteiger partial charge on any atom is 0.0314 e. The predicted molar refractivity (Wildman–Crippen MR) is 100 cm³/mol. The highest BCUT2D eigenvalue weighted by Crippen LogP contribution is 2.27. The summed E-state index contributed by atoms with van der Waals surface area (Å²) in [4.78, 5) is 0. The average molecular weight is 305 g/mol. The molecule has 1 aliphatic rings. The maximum absolute atomic E-state index is 5.76. The van der Waals surface area contributed by atoms with Gasteiger partial charge in [0.05, 0.1) is 0 Å². The standard InChI is InChI=1S/C22H27N/c1-3-21(14-11-19-12-15-22(23)16-13-19)18(2)17-20-9-7-5-4-6-8-10-20/h4-5,8-10,12-13,15-16,18,21H,3,11,14,17,23H2,1-2H3/b20-10+. The summed E-state index contributed by atoms with van der Waals surface area (Å²) < 4.78 is 0. The Hall–Kier alpha value is -2.20. The van der Waals surface area contributed by atoms with Crippen molar-refractivity contribution in [3.05, 3.63) is 77.2 Å². The fraction of sp³-hybridized carbons (Fsp3) is 0.364. The Kier molecular flexibility index (Phi) is 6.76. The third-order valence-electron chi connectivity index (χ3n) is 4.61. The number of hydrogen-bond donors (Lipinski definition) is 1. The average Bonchev–Trinajstić information content (AvgIpc) is 2.52. The molecule has 1 aromatic carbocycles. The number of anilines is 1. The molecule has 0 saturated carbocycles. The summed E-state index contributed by atoms with van der Waals surface area (Å²) in [6.07, 6.45) is 14.7. The van der Waals surface area contributed by atoms with Gasteiger partial charge in [0.1, 0.15) is 0 Å². The third-order valence-corrected chi connectivity index (χ3v) is 4.61. The zero-order valence-electron chi connectivity index (χ0n) is 14.3. The van der Waals surface area contributed by atoms with Crippen LogP contribution in [0.15, 0.2) is 71.7 Å². The van der Waals surface area contributed by atoms with E-state index >= 15 is 0 Å². The highest BCUT2D eigenvalue weighted by atomic mass is 14.5. The molecule has 0 aliphatic heterocycles. The van der Waals surface area contributed by atoms with E-state index in [2.05, 4.69) is 49.6 Å². The van der Waals surface area contributed by atoms with Gasteiger partial charge in [-0.05, 0) is 78.7 Å². The van der Waals surface area contributed by atoms with Gasteiger partial charge < -0.3 is 5.73 Å². The van der Waals surface area contributed by atoms with Crippen LogP contribution in [-0.2, 0) is 6.42 Å². The van der Waals surface area contributed by atoms with Crippen LogP contribution in [0.2, 0.25) is 0 Å². The van der Waals surface area contributed by atoms with E-state index in [4.69, 9.17) is 5.73 Å². The lowest BCUT2D eigenvalue weighted by Crippen LogP contribution is -2.12. The molecule has 120 valence electrons. The molecule has 0 aromatic heterocycles. The number of hydrogen-bond acceptors (Lipinski definition) is 1. The molecule has 2 rings (SSSR count). The summed E-state index contributed by atoms with van der Waals surface area (Å²) in [5.74, 6) is 1.39. The number of benzene rings is 1. The Bertz CT molecular complexity index is 648. The van der Waals surface area contributed by atoms with E-state index < -0.39 is 0 Å². The van der Waals surface area contributed by atoms with Crippen LogP contribution in [0.4, 0.5) is 5.69 Å². The Morgan fingerprint density at radius 2 is 1.78 bits per heavy atom. The molecule has 1 aliphatic carbocycles. The normalized spacial score (nSPS) is 18.1. The maximum atomic E-state index is 5.76. The number of rotatable bonds is 7. The molecule has 1 nitrogen and oxygen atoms in total. The van der Waals surface area contributed by atoms with E-state index in [1.165, 1.54) is 24.0 Å². The van der Waals surface area contributed by atoms with Crippen molar-refractivity contribution in [2.75, 3.05) is 5.73 Å². The van der Waals surface area contributed by atoms with Crippen molar-refractivity contribution in [2.24, 2.45) is 11.8 Å². The van der Waals surface area contributed by atoms with Gasteiger partial charge in [-0.15, -0.1) is 11.5 Å². The van der Waals surface area contributed by atoms with Crippen LogP contribution < -0.4 is 5.73 Å². The van der Waals surface area contributed by atoms with Crippen LogP contribution in [0.5, 0.6) is 0 Å². The summed E-state index contributed by atoms with van der Waals surface area (Å²) >= 11 is 0. The molecule has 0 radical (unpaired) electrons. The number of aryl methyl sites for hydroxylation is 1. The fourth-order valence-electron chi connectivity index (χ4n) is 3.10. The molecule has 0 amide bonds. The molecule has 0 heterocycles. The predicted octanol–water partition coefficient (Wildman–Crippen LogP) is 5.62. The Morgan fingerprint density at radius 1 is 1.04 bits per heavy atom. The quantitative estimate of drug-likeness (QED) is 0.514. The van der Waals surface area contributed by atoms with Gasteiger partial charge in [0.25, 0.3) is 0 Å². The van der Waals surface area contributed by atoms with Crippen molar-refractivity contribution in [1.82, 2.24) is 0 Å². The van der Waals surface area contributed by atoms with Crippen molar-refractivity contribution in [3.8, 4) is 0 Å². The van der Waals surface area contributed by atoms with Gasteiger partial charge in [-0.2, -0.15) is 0 Å². The van der Waals surface area contributed by atoms with Gasteiger partial charge in [-0.25, -0.2) is 0 Å². The lowest BCUT2D eigenvalue weighted by Gasteiger charge is -2.23. The van der Waals surface area contributed by atoms with Crippen LogP contribution in [-0.4, -0.2) is 0 Å². The Balaban J connectivity index is 1.93. The Labute approximate surface area is 140 Å². The van der Waals surface area contributed by atoms with E-state index in [1.807, 2.05) is 30.4 Å². The van der Waals surface area contributed by atoms with Crippen LogP contribution in [0.3, 0.4) is 0 Å². The second kappa shape index (κ2) is 9.06. The summed E-state index contributed by atoms with van der Waals surface area (Å²) in [7, 11) is 0. The van der Waals surface area contributed by atoms with Crippen molar-refractivity contribution < 1.29 is 0 Å². The zero-order valence-corrected chi connectivity index (χ0v) is 14.3. The molecule has 1 heteroatoms. The van der Waals surface area contributed by atoms with Crippen molar-refractivity contribution in [3.63, 3.8) is 0 Å². The Morgan fingerprint density at radius 3 is 2.52 bits per heavy atom. The third kappa shape index (κ3) is 5.83. The minimum atomic E-state index is 0.662. The SMILES string of the molecule is CCC(CCc1ccc(N)cc1)C(C)C/C1=C/C=C=CC=C=C1. The number of nitrogen functional groups attached to an aromatic ring is 1. The summed E-state index contributed by atoms with van der Waals surface area (Å²) in [5.41, 5.74) is 15.6. The van der Waals surface area contributed by atoms with Gasteiger partial charge in [0.2, 0.25) is 0 Å².